The third kappa shape index (κ3) is 3.24. The molecular weight excluding hydrogens is 316 g/mol. The van der Waals surface area contributed by atoms with Gasteiger partial charge in [0.05, 0.1) is 25.3 Å². The van der Waals surface area contributed by atoms with Crippen molar-refractivity contribution in [3.05, 3.63) is 65.4 Å². The summed E-state index contributed by atoms with van der Waals surface area (Å²) in [5, 5.41) is 10.1. The number of H-pyrrole nitrogens is 1. The van der Waals surface area contributed by atoms with Crippen LogP contribution in [-0.2, 0) is 0 Å². The van der Waals surface area contributed by atoms with Crippen LogP contribution in [0, 0.1) is 11.3 Å². The average Bonchev–Trinajstić information content (AvgIpc) is 3.04. The molecule has 3 aromatic rings. The van der Waals surface area contributed by atoms with Crippen LogP contribution in [0.3, 0.4) is 0 Å². The number of ketones is 1. The molecule has 5 nitrogen and oxygen atoms in total. The Balaban J connectivity index is 1.93. The fraction of sp³-hybridized carbons (Fsp3) is 0.100. The van der Waals surface area contributed by atoms with Crippen molar-refractivity contribution >= 4 is 22.8 Å². The third-order valence-electron chi connectivity index (χ3n) is 3.91. The summed E-state index contributed by atoms with van der Waals surface area (Å²) >= 11 is 0. The van der Waals surface area contributed by atoms with Gasteiger partial charge in [-0.3, -0.25) is 4.79 Å². The fourth-order valence-corrected chi connectivity index (χ4v) is 2.57. The van der Waals surface area contributed by atoms with Crippen molar-refractivity contribution in [2.24, 2.45) is 0 Å². The van der Waals surface area contributed by atoms with Gasteiger partial charge in [0.25, 0.3) is 0 Å². The number of nitrogens with one attached hydrogen (secondary N) is 1. The first-order chi connectivity index (χ1) is 12.2. The number of aromatic nitrogens is 1. The maximum absolute atomic E-state index is 12.5. The summed E-state index contributed by atoms with van der Waals surface area (Å²) in [6, 6.07) is 14.7. The van der Waals surface area contributed by atoms with E-state index in [1.807, 2.05) is 24.3 Å². The lowest BCUT2D eigenvalue weighted by atomic mass is 10.1. The lowest BCUT2D eigenvalue weighted by Gasteiger charge is -1.99. The highest BCUT2D eigenvalue weighted by Gasteiger charge is 2.16. The second-order valence-electron chi connectivity index (χ2n) is 5.37. The van der Waals surface area contributed by atoms with E-state index in [0.29, 0.717) is 22.2 Å². The van der Waals surface area contributed by atoms with Gasteiger partial charge in [0.1, 0.15) is 23.3 Å². The Morgan fingerprint density at radius 1 is 1.08 bits per heavy atom. The van der Waals surface area contributed by atoms with E-state index in [9.17, 15) is 10.1 Å². The van der Waals surface area contributed by atoms with Crippen LogP contribution in [0.5, 0.6) is 11.5 Å². The molecule has 0 unspecified atom stereocenters. The number of aromatic amines is 1. The Labute approximate surface area is 145 Å². The summed E-state index contributed by atoms with van der Waals surface area (Å²) < 4.78 is 10.3. The molecule has 25 heavy (non-hydrogen) atoms. The molecule has 0 amide bonds. The number of rotatable bonds is 5. The van der Waals surface area contributed by atoms with Crippen molar-refractivity contribution in [1.82, 2.24) is 4.98 Å². The van der Waals surface area contributed by atoms with E-state index in [4.69, 9.17) is 9.47 Å². The summed E-state index contributed by atoms with van der Waals surface area (Å²) in [6.07, 6.45) is 3.15. The van der Waals surface area contributed by atoms with Gasteiger partial charge in [0.2, 0.25) is 5.78 Å². The van der Waals surface area contributed by atoms with Crippen LogP contribution in [0.1, 0.15) is 21.6 Å². The van der Waals surface area contributed by atoms with E-state index in [1.54, 1.807) is 38.5 Å². The predicted molar refractivity (Wildman–Crippen MR) is 95.9 cm³/mol. The molecule has 124 valence electrons. The monoisotopic (exact) mass is 332 g/mol. The number of nitriles is 1. The molecule has 0 atom stereocenters. The highest BCUT2D eigenvalue weighted by molar-refractivity contribution is 6.11. The van der Waals surface area contributed by atoms with E-state index in [1.165, 1.54) is 6.08 Å². The Kier molecular flexibility index (Phi) is 4.53. The minimum absolute atomic E-state index is 0.262. The van der Waals surface area contributed by atoms with Gasteiger partial charge in [-0.15, -0.1) is 0 Å². The normalized spacial score (nSPS) is 10.8. The number of fused-ring (bicyclic) bond motifs is 1. The number of ether oxygens (including phenoxy) is 2. The molecule has 1 N–H and O–H groups in total. The molecule has 0 radical (unpaired) electrons. The summed E-state index contributed by atoms with van der Waals surface area (Å²) in [5.74, 6) is 1.15. The highest BCUT2D eigenvalue weighted by Crippen LogP contribution is 2.26. The number of benzene rings is 2. The minimum Gasteiger partial charge on any atom is -0.497 e. The second kappa shape index (κ2) is 6.93. The SMILES string of the molecule is COc1ccc(/C=C/C(=O)c2[nH]c3cc(OC)ccc3c2C#N)cc1. The molecular formula is C20H16N2O3. The number of methoxy groups -OCH3 is 2. The van der Waals surface area contributed by atoms with Gasteiger partial charge in [-0.2, -0.15) is 5.26 Å². The molecule has 5 heteroatoms. The van der Waals surface area contributed by atoms with Gasteiger partial charge in [-0.1, -0.05) is 18.2 Å². The van der Waals surface area contributed by atoms with Gasteiger partial charge in [0.15, 0.2) is 0 Å². The zero-order valence-corrected chi connectivity index (χ0v) is 13.9. The van der Waals surface area contributed by atoms with Gasteiger partial charge >= 0.3 is 0 Å². The quantitative estimate of drug-likeness (QED) is 0.567. The average molecular weight is 332 g/mol. The number of carbonyl (C=O) groups excluding carboxylic acids is 1. The maximum atomic E-state index is 12.5. The van der Waals surface area contributed by atoms with Crippen LogP contribution < -0.4 is 9.47 Å². The van der Waals surface area contributed by atoms with E-state index in [-0.39, 0.29) is 11.5 Å². The van der Waals surface area contributed by atoms with Gasteiger partial charge in [0, 0.05) is 11.5 Å². The van der Waals surface area contributed by atoms with Gasteiger partial charge in [-0.05, 0) is 35.9 Å². The molecule has 0 aliphatic heterocycles. The van der Waals surface area contributed by atoms with Gasteiger partial charge in [-0.25, -0.2) is 0 Å². The zero-order chi connectivity index (χ0) is 17.8. The Bertz CT molecular complexity index is 992. The topological polar surface area (TPSA) is 75.1 Å². The molecule has 0 saturated carbocycles. The smallest absolute Gasteiger partial charge is 0.203 e. The van der Waals surface area contributed by atoms with Crippen LogP contribution in [0.2, 0.25) is 0 Å². The van der Waals surface area contributed by atoms with E-state index >= 15 is 0 Å². The molecule has 0 spiro atoms. The molecule has 1 aromatic heterocycles. The van der Waals surface area contributed by atoms with E-state index < -0.39 is 0 Å². The zero-order valence-electron chi connectivity index (χ0n) is 13.9. The van der Waals surface area contributed by atoms with E-state index in [2.05, 4.69) is 11.1 Å². The lowest BCUT2D eigenvalue weighted by molar-refractivity contribution is 0.104. The van der Waals surface area contributed by atoms with Crippen LogP contribution >= 0.6 is 0 Å². The molecule has 0 fully saturated rings. The minimum atomic E-state index is -0.262. The largest absolute Gasteiger partial charge is 0.497 e. The standard InChI is InChI=1S/C20H16N2O3/c1-24-14-6-3-13(4-7-14)5-10-19(23)20-17(12-21)16-9-8-15(25-2)11-18(16)22-20/h3-11,22H,1-2H3/b10-5+. The summed E-state index contributed by atoms with van der Waals surface area (Å²) in [7, 11) is 3.17. The van der Waals surface area contributed by atoms with Crippen molar-refractivity contribution in [2.45, 2.75) is 0 Å². The Hall–Kier alpha value is -3.52. The number of carbonyl (C=O) groups is 1. The van der Waals surface area contributed by atoms with Gasteiger partial charge < -0.3 is 14.5 Å². The Morgan fingerprint density at radius 2 is 1.76 bits per heavy atom. The summed E-state index contributed by atoms with van der Waals surface area (Å²) in [4.78, 5) is 15.5. The second-order valence-corrected chi connectivity index (χ2v) is 5.37. The maximum Gasteiger partial charge on any atom is 0.203 e. The lowest BCUT2D eigenvalue weighted by Crippen LogP contribution is -1.97. The molecule has 1 heterocycles. The Morgan fingerprint density at radius 3 is 2.40 bits per heavy atom. The fourth-order valence-electron chi connectivity index (χ4n) is 2.57. The molecule has 3 rings (SSSR count). The number of nitrogens with zero attached hydrogens (tertiary/aromatic N) is 1. The van der Waals surface area contributed by atoms with E-state index in [0.717, 1.165) is 11.3 Å². The van der Waals surface area contributed by atoms with Crippen molar-refractivity contribution in [3.63, 3.8) is 0 Å². The number of hydrogen-bond donors (Lipinski definition) is 1. The molecule has 0 aliphatic rings. The first-order valence-corrected chi connectivity index (χ1v) is 7.62. The van der Waals surface area contributed by atoms with Crippen molar-refractivity contribution in [3.8, 4) is 17.6 Å². The van der Waals surface area contributed by atoms with Crippen LogP contribution in [0.25, 0.3) is 17.0 Å². The molecule has 0 bridgehead atoms. The molecule has 2 aromatic carbocycles. The first-order valence-electron chi connectivity index (χ1n) is 7.62. The predicted octanol–water partition coefficient (Wildman–Crippen LogP) is 3.95. The molecule has 0 saturated heterocycles. The van der Waals surface area contributed by atoms with Crippen LogP contribution in [-0.4, -0.2) is 25.0 Å². The van der Waals surface area contributed by atoms with Crippen molar-refractivity contribution < 1.29 is 14.3 Å². The highest BCUT2D eigenvalue weighted by atomic mass is 16.5. The van der Waals surface area contributed by atoms with Crippen molar-refractivity contribution in [2.75, 3.05) is 14.2 Å². The van der Waals surface area contributed by atoms with Crippen molar-refractivity contribution in [1.29, 1.82) is 5.26 Å². The summed E-state index contributed by atoms with van der Waals surface area (Å²) in [6.45, 7) is 0. The summed E-state index contributed by atoms with van der Waals surface area (Å²) in [5.41, 5.74) is 2.17. The van der Waals surface area contributed by atoms with Crippen LogP contribution in [0.4, 0.5) is 0 Å². The number of allylic oxidation sites excluding steroid dienone is 1. The molecule has 0 aliphatic carbocycles. The first kappa shape index (κ1) is 16.3. The number of hydrogen-bond acceptors (Lipinski definition) is 4. The third-order valence-corrected chi connectivity index (χ3v) is 3.91. The van der Waals surface area contributed by atoms with Crippen LogP contribution in [0.15, 0.2) is 48.5 Å².